The molecule has 0 saturated heterocycles. The van der Waals surface area contributed by atoms with Crippen LogP contribution in [-0.4, -0.2) is 8.80 Å². The monoisotopic (exact) mass is 888 g/mol. The molecule has 6 heterocycles. The molecule has 0 aliphatic carbocycles. The van der Waals surface area contributed by atoms with E-state index in [4.69, 9.17) is 8.83 Å². The van der Waals surface area contributed by atoms with Crippen molar-refractivity contribution in [1.82, 2.24) is 8.80 Å². The Morgan fingerprint density at radius 2 is 0.629 bits per heavy atom. The summed E-state index contributed by atoms with van der Waals surface area (Å²) in [6.07, 6.45) is 0. The van der Waals surface area contributed by atoms with Crippen LogP contribution in [0.15, 0.2) is 227 Å². The Hall–Kier alpha value is -9.38. The summed E-state index contributed by atoms with van der Waals surface area (Å²) in [7, 11) is 0. The molecule has 4 nitrogen and oxygen atoms in total. The Morgan fingerprint density at radius 1 is 0.229 bits per heavy atom. The number of para-hydroxylation sites is 2. The molecule has 0 unspecified atom stereocenters. The molecule has 70 heavy (non-hydrogen) atoms. The maximum atomic E-state index is 6.43. The lowest BCUT2D eigenvalue weighted by molar-refractivity contribution is 0.668. The first-order chi connectivity index (χ1) is 34.7. The van der Waals surface area contributed by atoms with Gasteiger partial charge in [-0.2, -0.15) is 0 Å². The zero-order valence-electron chi connectivity index (χ0n) is 37.5. The molecule has 4 heteroatoms. The van der Waals surface area contributed by atoms with Crippen molar-refractivity contribution in [1.29, 1.82) is 0 Å². The minimum Gasteiger partial charge on any atom is -0.456 e. The van der Waals surface area contributed by atoms with Gasteiger partial charge in [-0.05, 0) is 105 Å². The summed E-state index contributed by atoms with van der Waals surface area (Å²) in [6.45, 7) is 0. The van der Waals surface area contributed by atoms with Crippen molar-refractivity contribution in [2.24, 2.45) is 0 Å². The lowest BCUT2D eigenvalue weighted by Gasteiger charge is -2.08. The second kappa shape index (κ2) is 13.2. The summed E-state index contributed by atoms with van der Waals surface area (Å²) < 4.78 is 18.0. The molecule has 0 aliphatic heterocycles. The second-order valence-electron chi connectivity index (χ2n) is 19.1. The first-order valence-corrected chi connectivity index (χ1v) is 24.1. The maximum absolute atomic E-state index is 6.43. The summed E-state index contributed by atoms with van der Waals surface area (Å²) in [5.74, 6) is 0. The molecule has 0 amide bonds. The molecule has 0 fully saturated rings. The number of benzene rings is 11. The van der Waals surface area contributed by atoms with Crippen LogP contribution in [0.4, 0.5) is 0 Å². The predicted octanol–water partition coefficient (Wildman–Crippen LogP) is 18.5. The molecule has 0 N–H and O–H groups in total. The van der Waals surface area contributed by atoms with Crippen molar-refractivity contribution < 1.29 is 8.83 Å². The quantitative estimate of drug-likeness (QED) is 0.176. The summed E-state index contributed by atoms with van der Waals surface area (Å²) in [5.41, 5.74) is 20.4. The zero-order valence-corrected chi connectivity index (χ0v) is 37.5. The van der Waals surface area contributed by atoms with Crippen molar-refractivity contribution in [3.63, 3.8) is 0 Å². The van der Waals surface area contributed by atoms with Gasteiger partial charge >= 0.3 is 0 Å². The largest absolute Gasteiger partial charge is 0.456 e. The molecule has 0 spiro atoms. The van der Waals surface area contributed by atoms with Gasteiger partial charge in [-0.15, -0.1) is 0 Å². The number of aromatic nitrogens is 2. The highest BCUT2D eigenvalue weighted by molar-refractivity contribution is 6.45. The fourth-order valence-corrected chi connectivity index (χ4v) is 12.7. The number of rotatable bonds is 4. The molecule has 11 aromatic carbocycles. The number of furan rings is 2. The van der Waals surface area contributed by atoms with Crippen LogP contribution >= 0.6 is 0 Å². The van der Waals surface area contributed by atoms with Gasteiger partial charge in [0.1, 0.15) is 22.3 Å². The minimum absolute atomic E-state index is 0.900. The van der Waals surface area contributed by atoms with E-state index in [1.165, 1.54) is 110 Å². The van der Waals surface area contributed by atoms with Gasteiger partial charge in [0.15, 0.2) is 0 Å². The molecule has 6 aromatic heterocycles. The van der Waals surface area contributed by atoms with Crippen molar-refractivity contribution in [3.8, 4) is 44.5 Å². The van der Waals surface area contributed by atoms with Crippen molar-refractivity contribution >= 4 is 120 Å². The summed E-state index contributed by atoms with van der Waals surface area (Å²) in [6, 6.07) is 79.9. The van der Waals surface area contributed by atoms with Crippen LogP contribution in [0.3, 0.4) is 0 Å². The number of hydrogen-bond donors (Lipinski definition) is 0. The Balaban J connectivity index is 1.06. The van der Waals surface area contributed by atoms with E-state index in [2.05, 4.69) is 215 Å². The van der Waals surface area contributed by atoms with Gasteiger partial charge in [0.05, 0.1) is 33.1 Å². The Labute approximate surface area is 398 Å². The van der Waals surface area contributed by atoms with Crippen molar-refractivity contribution in [2.75, 3.05) is 0 Å². The van der Waals surface area contributed by atoms with Crippen LogP contribution in [0.1, 0.15) is 0 Å². The molecule has 0 atom stereocenters. The van der Waals surface area contributed by atoms with E-state index in [-0.39, 0.29) is 0 Å². The second-order valence-corrected chi connectivity index (χ2v) is 19.1. The van der Waals surface area contributed by atoms with Crippen LogP contribution in [0.2, 0.25) is 0 Å². The normalized spacial score (nSPS) is 12.6. The van der Waals surface area contributed by atoms with Crippen molar-refractivity contribution in [3.05, 3.63) is 218 Å². The summed E-state index contributed by atoms with van der Waals surface area (Å²) >= 11 is 0. The van der Waals surface area contributed by atoms with Gasteiger partial charge in [0, 0.05) is 64.6 Å². The fraction of sp³-hybridized carbons (Fsp3) is 0. The van der Waals surface area contributed by atoms with Crippen LogP contribution in [0.5, 0.6) is 0 Å². The van der Waals surface area contributed by atoms with Crippen LogP contribution in [0, 0.1) is 0 Å². The highest BCUT2D eigenvalue weighted by Crippen LogP contribution is 2.54. The number of nitrogens with zero attached hydrogens (tertiary/aromatic N) is 2. The average Bonchev–Trinajstić information content (AvgIpc) is 4.27. The highest BCUT2D eigenvalue weighted by atomic mass is 16.3. The van der Waals surface area contributed by atoms with Gasteiger partial charge in [-0.3, -0.25) is 0 Å². The first-order valence-electron chi connectivity index (χ1n) is 24.1. The molecule has 0 bridgehead atoms. The van der Waals surface area contributed by atoms with E-state index in [9.17, 15) is 0 Å². The van der Waals surface area contributed by atoms with Crippen LogP contribution in [-0.2, 0) is 0 Å². The first kappa shape index (κ1) is 36.7. The fourth-order valence-electron chi connectivity index (χ4n) is 12.7. The SMILES string of the molecule is c1ccc(-c2ccc3c(c2)c2c4c5ccc(-c6cccc7oc8ccccc8c67)cc5n5c6ccc(-c7ccccc7)cc6c(c6c7ccc(-c8cccc9oc%10ccccc%10c89)cc7n3c26)c45)cc1. The third-order valence-corrected chi connectivity index (χ3v) is 15.6. The standard InChI is InChI=1S/C66H36N2O2/c1-3-13-37(14-4-1)39-27-31-51-49(33-39)63-61-45-29-25-42(44-20-12-24-58-60(44)48-18-8-10-22-56(48)70-58)36-54(45)68-52-32-28-40(38-15-5-2-6-16-38)34-50(52)64(66(61)68)62-46-30-26-41(35-53(46)67(51)65(62)63)43-19-11-23-57-59(43)47-17-7-9-21-55(47)69-57/h1-36H. The Bertz CT molecular complexity index is 4730. The third kappa shape index (κ3) is 4.65. The van der Waals surface area contributed by atoms with Gasteiger partial charge in [-0.1, -0.05) is 158 Å². The molecule has 0 aliphatic rings. The molecule has 322 valence electrons. The van der Waals surface area contributed by atoms with Crippen molar-refractivity contribution in [2.45, 2.75) is 0 Å². The van der Waals surface area contributed by atoms with Gasteiger partial charge in [0.2, 0.25) is 0 Å². The van der Waals surface area contributed by atoms with E-state index in [1.807, 2.05) is 12.1 Å². The molecule has 17 rings (SSSR count). The average molecular weight is 889 g/mol. The number of fused-ring (bicyclic) bond motifs is 20. The minimum atomic E-state index is 0.900. The Kier molecular flexibility index (Phi) is 6.92. The number of hydrogen-bond acceptors (Lipinski definition) is 2. The van der Waals surface area contributed by atoms with Gasteiger partial charge in [0.25, 0.3) is 0 Å². The predicted molar refractivity (Wildman–Crippen MR) is 292 cm³/mol. The summed E-state index contributed by atoms with van der Waals surface area (Å²) in [4.78, 5) is 0. The zero-order chi connectivity index (χ0) is 45.3. The molecular formula is C66H36N2O2. The molecular weight excluding hydrogens is 853 g/mol. The van der Waals surface area contributed by atoms with E-state index in [0.717, 1.165) is 55.0 Å². The maximum Gasteiger partial charge on any atom is 0.136 e. The molecule has 17 aromatic rings. The van der Waals surface area contributed by atoms with E-state index in [0.29, 0.717) is 0 Å². The lowest BCUT2D eigenvalue weighted by Crippen LogP contribution is -1.84. The lowest BCUT2D eigenvalue weighted by atomic mass is 9.94. The topological polar surface area (TPSA) is 35.1 Å². The Morgan fingerprint density at radius 3 is 1.10 bits per heavy atom. The molecule has 0 radical (unpaired) electrons. The van der Waals surface area contributed by atoms with Crippen LogP contribution in [0.25, 0.3) is 165 Å². The third-order valence-electron chi connectivity index (χ3n) is 15.6. The van der Waals surface area contributed by atoms with E-state index in [1.54, 1.807) is 0 Å². The highest BCUT2D eigenvalue weighted by Gasteiger charge is 2.30. The smallest absolute Gasteiger partial charge is 0.136 e. The summed E-state index contributed by atoms with van der Waals surface area (Å²) in [5, 5.41) is 14.7. The van der Waals surface area contributed by atoms with Gasteiger partial charge < -0.3 is 17.6 Å². The van der Waals surface area contributed by atoms with E-state index >= 15 is 0 Å². The molecule has 0 saturated carbocycles. The van der Waals surface area contributed by atoms with Crippen LogP contribution < -0.4 is 0 Å². The van der Waals surface area contributed by atoms with Gasteiger partial charge in [-0.25, -0.2) is 0 Å². The van der Waals surface area contributed by atoms with E-state index < -0.39 is 0 Å².